The highest BCUT2D eigenvalue weighted by molar-refractivity contribution is 7.88. The smallest absolute Gasteiger partial charge is 0.211 e. The van der Waals surface area contributed by atoms with Crippen molar-refractivity contribution in [3.63, 3.8) is 0 Å². The molecule has 0 saturated carbocycles. The molecule has 2 bridgehead atoms. The second-order valence-electron chi connectivity index (χ2n) is 7.71. The van der Waals surface area contributed by atoms with Crippen molar-refractivity contribution in [3.8, 4) is 22.6 Å². The second kappa shape index (κ2) is 7.30. The molecule has 154 valence electrons. The van der Waals surface area contributed by atoms with E-state index in [0.717, 1.165) is 29.1 Å². The molecule has 2 aromatic heterocycles. The fourth-order valence-electron chi connectivity index (χ4n) is 4.29. The molecule has 2 fully saturated rings. The van der Waals surface area contributed by atoms with Gasteiger partial charge in [-0.2, -0.15) is 4.31 Å². The highest BCUT2D eigenvalue weighted by Crippen LogP contribution is 2.37. The van der Waals surface area contributed by atoms with Crippen LogP contribution in [0, 0.1) is 0 Å². The third-order valence-electron chi connectivity index (χ3n) is 5.68. The topological polar surface area (TPSA) is 79.3 Å². The molecule has 2 atom stereocenters. The summed E-state index contributed by atoms with van der Waals surface area (Å²) in [6.07, 6.45) is 5.55. The van der Waals surface area contributed by atoms with Gasteiger partial charge in [0.15, 0.2) is 5.82 Å². The summed E-state index contributed by atoms with van der Waals surface area (Å²) in [6.45, 7) is 1.12. The van der Waals surface area contributed by atoms with E-state index in [-0.39, 0.29) is 12.1 Å². The molecule has 7 nitrogen and oxygen atoms in total. The number of pyridine rings is 1. The molecular formula is C21H20ClN5O2S. The summed E-state index contributed by atoms with van der Waals surface area (Å²) in [5, 5.41) is 0.665. The van der Waals surface area contributed by atoms with Gasteiger partial charge in [0.2, 0.25) is 10.0 Å². The molecule has 0 amide bonds. The highest BCUT2D eigenvalue weighted by Gasteiger charge is 2.47. The van der Waals surface area contributed by atoms with Crippen LogP contribution in [-0.2, 0) is 10.0 Å². The van der Waals surface area contributed by atoms with Gasteiger partial charge in [0.1, 0.15) is 5.82 Å². The lowest BCUT2D eigenvalue weighted by molar-refractivity contribution is 0.371. The van der Waals surface area contributed by atoms with Crippen LogP contribution in [0.1, 0.15) is 6.42 Å². The number of anilines is 1. The van der Waals surface area contributed by atoms with Crippen molar-refractivity contribution in [1.29, 1.82) is 0 Å². The van der Waals surface area contributed by atoms with E-state index in [9.17, 15) is 8.42 Å². The summed E-state index contributed by atoms with van der Waals surface area (Å²) in [6, 6.07) is 13.4. The normalized spacial score (nSPS) is 21.3. The SMILES string of the molecule is CS(=O)(=O)N1CC2CC1CN2c1cc(-c2ccc(Cl)cc2)nc(-c2cccnc2)n1. The van der Waals surface area contributed by atoms with Crippen LogP contribution in [0.3, 0.4) is 0 Å². The number of hydrogen-bond donors (Lipinski definition) is 0. The molecule has 2 unspecified atom stereocenters. The van der Waals surface area contributed by atoms with E-state index in [1.54, 1.807) is 16.7 Å². The maximum atomic E-state index is 12.0. The first-order valence-electron chi connectivity index (χ1n) is 9.67. The Balaban J connectivity index is 1.56. The van der Waals surface area contributed by atoms with Crippen molar-refractivity contribution >= 4 is 27.4 Å². The molecule has 2 saturated heterocycles. The maximum Gasteiger partial charge on any atom is 0.211 e. The average molecular weight is 442 g/mol. The van der Waals surface area contributed by atoms with Crippen LogP contribution in [0.5, 0.6) is 0 Å². The van der Waals surface area contributed by atoms with Crippen molar-refractivity contribution in [2.45, 2.75) is 18.5 Å². The summed E-state index contributed by atoms with van der Waals surface area (Å²) in [5.41, 5.74) is 2.56. The van der Waals surface area contributed by atoms with Gasteiger partial charge < -0.3 is 4.90 Å². The first kappa shape index (κ1) is 19.4. The van der Waals surface area contributed by atoms with Crippen molar-refractivity contribution in [1.82, 2.24) is 19.3 Å². The van der Waals surface area contributed by atoms with E-state index < -0.39 is 10.0 Å². The number of benzene rings is 1. The highest BCUT2D eigenvalue weighted by atomic mass is 35.5. The minimum absolute atomic E-state index is 0.0132. The minimum Gasteiger partial charge on any atom is -0.350 e. The molecular weight excluding hydrogens is 422 g/mol. The quantitative estimate of drug-likeness (QED) is 0.619. The Morgan fingerprint density at radius 1 is 1.03 bits per heavy atom. The molecule has 9 heteroatoms. The molecule has 30 heavy (non-hydrogen) atoms. The first-order valence-corrected chi connectivity index (χ1v) is 11.9. The Labute approximate surface area is 180 Å². The largest absolute Gasteiger partial charge is 0.350 e. The zero-order chi connectivity index (χ0) is 20.9. The molecule has 5 rings (SSSR count). The number of aromatic nitrogens is 3. The number of halogens is 1. The van der Waals surface area contributed by atoms with Crippen molar-refractivity contribution in [2.75, 3.05) is 24.2 Å². The standard InChI is InChI=1S/C21H20ClN5O2S/c1-30(28,29)27-13-17-9-18(27)12-26(17)20-10-19(14-4-6-16(22)7-5-14)24-21(25-20)15-3-2-8-23-11-15/h2-8,10-11,17-18H,9,12-13H2,1H3. The van der Waals surface area contributed by atoms with Crippen molar-refractivity contribution in [3.05, 3.63) is 59.9 Å². The molecule has 0 N–H and O–H groups in total. The number of hydrogen-bond acceptors (Lipinski definition) is 6. The monoisotopic (exact) mass is 441 g/mol. The van der Waals surface area contributed by atoms with Gasteiger partial charge in [-0.3, -0.25) is 4.98 Å². The lowest BCUT2D eigenvalue weighted by atomic mass is 10.1. The Morgan fingerprint density at radius 2 is 1.83 bits per heavy atom. The Bertz CT molecular complexity index is 1190. The summed E-state index contributed by atoms with van der Waals surface area (Å²) in [4.78, 5) is 16.0. The fraction of sp³-hybridized carbons (Fsp3) is 0.286. The molecule has 0 aliphatic carbocycles. The molecule has 2 aliphatic heterocycles. The van der Waals surface area contributed by atoms with Gasteiger partial charge in [-0.15, -0.1) is 0 Å². The predicted molar refractivity (Wildman–Crippen MR) is 117 cm³/mol. The van der Waals surface area contributed by atoms with Crippen LogP contribution in [0.2, 0.25) is 5.02 Å². The van der Waals surface area contributed by atoms with Gasteiger partial charge in [0, 0.05) is 59.8 Å². The molecule has 1 aromatic carbocycles. The van der Waals surface area contributed by atoms with Crippen LogP contribution < -0.4 is 4.90 Å². The average Bonchev–Trinajstić information content (AvgIpc) is 3.36. The van der Waals surface area contributed by atoms with Crippen LogP contribution in [-0.4, -0.2) is 59.1 Å². The third-order valence-corrected chi connectivity index (χ3v) is 7.23. The lowest BCUT2D eigenvalue weighted by Crippen LogP contribution is -2.48. The summed E-state index contributed by atoms with van der Waals surface area (Å²) >= 11 is 6.05. The zero-order valence-corrected chi connectivity index (χ0v) is 17.9. The number of piperazine rings is 1. The number of fused-ring (bicyclic) bond motifs is 2. The van der Waals surface area contributed by atoms with E-state index in [1.165, 1.54) is 6.26 Å². The fourth-order valence-corrected chi connectivity index (χ4v) is 5.55. The maximum absolute atomic E-state index is 12.0. The third kappa shape index (κ3) is 3.55. The molecule has 2 aliphatic rings. The number of nitrogens with zero attached hydrogens (tertiary/aromatic N) is 5. The number of rotatable bonds is 4. The molecule has 0 radical (unpaired) electrons. The molecule has 0 spiro atoms. The van der Waals surface area contributed by atoms with Gasteiger partial charge in [-0.25, -0.2) is 18.4 Å². The van der Waals surface area contributed by atoms with Gasteiger partial charge >= 0.3 is 0 Å². The second-order valence-corrected chi connectivity index (χ2v) is 10.1. The van der Waals surface area contributed by atoms with Crippen LogP contribution in [0.15, 0.2) is 54.9 Å². The van der Waals surface area contributed by atoms with Crippen molar-refractivity contribution < 1.29 is 8.42 Å². The van der Waals surface area contributed by atoms with Gasteiger partial charge in [0.25, 0.3) is 0 Å². The minimum atomic E-state index is -3.19. The van der Waals surface area contributed by atoms with E-state index in [4.69, 9.17) is 21.6 Å². The number of sulfonamides is 1. The van der Waals surface area contributed by atoms with E-state index in [1.807, 2.05) is 42.5 Å². The lowest BCUT2D eigenvalue weighted by Gasteiger charge is -2.33. The van der Waals surface area contributed by atoms with Crippen LogP contribution >= 0.6 is 11.6 Å². The predicted octanol–water partition coefficient (Wildman–Crippen LogP) is 3.08. The first-order chi connectivity index (χ1) is 14.4. The summed E-state index contributed by atoms with van der Waals surface area (Å²) in [5.74, 6) is 1.39. The van der Waals surface area contributed by atoms with Gasteiger partial charge in [-0.05, 0) is 30.7 Å². The van der Waals surface area contributed by atoms with Crippen LogP contribution in [0.25, 0.3) is 22.6 Å². The Hall–Kier alpha value is -2.55. The summed E-state index contributed by atoms with van der Waals surface area (Å²) in [7, 11) is -3.19. The molecule has 3 aromatic rings. The Kier molecular flexibility index (Phi) is 4.72. The van der Waals surface area contributed by atoms with Gasteiger partial charge in [-0.1, -0.05) is 23.7 Å². The van der Waals surface area contributed by atoms with E-state index >= 15 is 0 Å². The van der Waals surface area contributed by atoms with E-state index in [2.05, 4.69) is 9.88 Å². The van der Waals surface area contributed by atoms with Crippen LogP contribution in [0.4, 0.5) is 5.82 Å². The Morgan fingerprint density at radius 3 is 2.47 bits per heavy atom. The summed E-state index contributed by atoms with van der Waals surface area (Å²) < 4.78 is 25.7. The zero-order valence-electron chi connectivity index (χ0n) is 16.3. The van der Waals surface area contributed by atoms with E-state index in [0.29, 0.717) is 23.9 Å². The van der Waals surface area contributed by atoms with Crippen molar-refractivity contribution in [2.24, 2.45) is 0 Å². The van der Waals surface area contributed by atoms with Gasteiger partial charge in [0.05, 0.1) is 11.9 Å². The molecule has 4 heterocycles.